The number of amidine groups is 1. The number of para-hydroxylation sites is 1. The number of aliphatic imine (C=N–C) groups is 1. The minimum absolute atomic E-state index is 0.164. The van der Waals surface area contributed by atoms with Gasteiger partial charge in [0, 0.05) is 33.7 Å². The number of hydrogen-bond acceptors (Lipinski definition) is 8. The minimum atomic E-state index is -0.455. The average Bonchev–Trinajstić information content (AvgIpc) is 3.64. The third-order valence-corrected chi connectivity index (χ3v) is 8.56. The summed E-state index contributed by atoms with van der Waals surface area (Å²) in [6.45, 7) is 0.637. The van der Waals surface area contributed by atoms with Gasteiger partial charge >= 0.3 is 0 Å². The summed E-state index contributed by atoms with van der Waals surface area (Å²) in [5, 5.41) is 9.26. The van der Waals surface area contributed by atoms with Crippen molar-refractivity contribution < 1.29 is 9.59 Å². The van der Waals surface area contributed by atoms with Crippen LogP contribution >= 0.6 is 23.4 Å². The van der Waals surface area contributed by atoms with Crippen molar-refractivity contribution in [3.8, 4) is 0 Å². The van der Waals surface area contributed by atoms with Gasteiger partial charge in [-0.3, -0.25) is 9.59 Å². The summed E-state index contributed by atoms with van der Waals surface area (Å²) in [6.07, 6.45) is 4.72. The van der Waals surface area contributed by atoms with Crippen molar-refractivity contribution in [2.45, 2.75) is 18.9 Å². The van der Waals surface area contributed by atoms with E-state index < -0.39 is 6.04 Å². The quantitative estimate of drug-likeness (QED) is 0.214. The number of carbonyl (C=O) groups is 2. The Bertz CT molecular complexity index is 1980. The number of rotatable bonds is 5. The van der Waals surface area contributed by atoms with Crippen LogP contribution in [-0.2, 0) is 9.59 Å². The zero-order valence-corrected chi connectivity index (χ0v) is 24.3. The van der Waals surface area contributed by atoms with Gasteiger partial charge in [0.05, 0.1) is 21.6 Å². The van der Waals surface area contributed by atoms with Gasteiger partial charge in [0.15, 0.2) is 5.17 Å². The van der Waals surface area contributed by atoms with E-state index in [4.69, 9.17) is 11.6 Å². The largest absolute Gasteiger partial charge is 0.340 e. The lowest BCUT2D eigenvalue weighted by molar-refractivity contribution is -0.119. The van der Waals surface area contributed by atoms with E-state index in [9.17, 15) is 9.59 Å². The molecule has 2 aliphatic heterocycles. The molecule has 0 radical (unpaired) electrons. The fourth-order valence-corrected chi connectivity index (χ4v) is 6.41. The van der Waals surface area contributed by atoms with E-state index in [-0.39, 0.29) is 11.8 Å². The van der Waals surface area contributed by atoms with E-state index in [1.807, 2.05) is 77.7 Å². The maximum Gasteiger partial charge on any atom is 0.286 e. The predicted molar refractivity (Wildman–Crippen MR) is 172 cm³/mol. The lowest BCUT2D eigenvalue weighted by Gasteiger charge is -2.24. The molecule has 2 aromatic heterocycles. The van der Waals surface area contributed by atoms with Gasteiger partial charge in [-0.25, -0.2) is 15.0 Å². The second-order valence-electron chi connectivity index (χ2n) is 10.2. The third-order valence-electron chi connectivity index (χ3n) is 7.30. The van der Waals surface area contributed by atoms with Gasteiger partial charge in [0.25, 0.3) is 5.91 Å². The highest BCUT2D eigenvalue weighted by Crippen LogP contribution is 2.34. The predicted octanol–water partition coefficient (Wildman–Crippen LogP) is 6.65. The van der Waals surface area contributed by atoms with Crippen molar-refractivity contribution in [3.63, 3.8) is 0 Å². The van der Waals surface area contributed by atoms with Crippen molar-refractivity contribution >= 4 is 85.4 Å². The Labute approximate surface area is 256 Å². The Hall–Kier alpha value is -4.80. The Morgan fingerprint density at radius 3 is 2.79 bits per heavy atom. The second-order valence-corrected chi connectivity index (χ2v) is 11.6. The molecule has 43 heavy (non-hydrogen) atoms. The number of fused-ring (bicyclic) bond motifs is 2. The van der Waals surface area contributed by atoms with E-state index in [1.165, 1.54) is 18.1 Å². The molecule has 1 atom stereocenters. The number of thioether (sulfide) groups is 1. The van der Waals surface area contributed by atoms with Crippen LogP contribution in [-0.4, -0.2) is 49.4 Å². The first-order valence-corrected chi connectivity index (χ1v) is 14.9. The molecule has 9 nitrogen and oxygen atoms in total. The highest BCUT2D eigenvalue weighted by molar-refractivity contribution is 8.18. The Balaban J connectivity index is 1.08. The van der Waals surface area contributed by atoms with E-state index in [0.717, 1.165) is 33.9 Å². The standard InChI is InChI=1S/C32H24ClN7O2S/c33-20-6-3-7-21(15-20)37-29-24-16-22(12-13-26(24)34-18-35-29)38-30(41)27-9-4-14-40(27)32-39-31(42)28(43-32)17-23-11-10-19-5-1-2-8-25(19)36-23/h1-3,5-8,10-13,15-18,27H,4,9,14H2,(H,38,41)(H,34,35,37)/b28-17+/t27-/m0/s1. The normalized spacial score (nSPS) is 17.6. The SMILES string of the molecule is O=C1N=C(N2CCC[C@H]2C(=O)Nc2ccc3ncnc(Nc4cccc(Cl)c4)c3c2)S/C1=C/c1ccc2ccccc2n1. The van der Waals surface area contributed by atoms with Crippen LogP contribution in [0.3, 0.4) is 0 Å². The maximum atomic E-state index is 13.5. The molecule has 7 rings (SSSR count). The van der Waals surface area contributed by atoms with Gasteiger partial charge in [-0.2, -0.15) is 4.99 Å². The number of hydrogen-bond donors (Lipinski definition) is 2. The Kier molecular flexibility index (Phi) is 7.22. The van der Waals surface area contributed by atoms with Crippen LogP contribution in [0.4, 0.5) is 17.2 Å². The molecule has 11 heteroatoms. The lowest BCUT2D eigenvalue weighted by atomic mass is 10.1. The number of anilines is 3. The average molecular weight is 606 g/mol. The summed E-state index contributed by atoms with van der Waals surface area (Å²) in [4.78, 5) is 46.5. The molecule has 212 valence electrons. The molecule has 2 amide bonds. The molecular formula is C32H24ClN7O2S. The Morgan fingerprint density at radius 1 is 0.977 bits per heavy atom. The number of benzene rings is 3. The van der Waals surface area contributed by atoms with Gasteiger partial charge in [-0.05, 0) is 79.2 Å². The molecule has 0 aliphatic carbocycles. The number of pyridine rings is 1. The van der Waals surface area contributed by atoms with E-state index in [1.54, 1.807) is 12.1 Å². The van der Waals surface area contributed by atoms with Gasteiger partial charge in [0.2, 0.25) is 5.91 Å². The second kappa shape index (κ2) is 11.5. The summed E-state index contributed by atoms with van der Waals surface area (Å²) in [5.74, 6) is 0.110. The molecule has 1 saturated heterocycles. The van der Waals surface area contributed by atoms with Crippen molar-refractivity contribution in [2.75, 3.05) is 17.2 Å². The van der Waals surface area contributed by atoms with Crippen LogP contribution in [0.1, 0.15) is 18.5 Å². The molecule has 0 bridgehead atoms. The molecule has 3 aromatic carbocycles. The molecule has 1 fully saturated rings. The third kappa shape index (κ3) is 5.67. The van der Waals surface area contributed by atoms with E-state index in [0.29, 0.717) is 45.3 Å². The maximum absolute atomic E-state index is 13.5. The topological polar surface area (TPSA) is 112 Å². The van der Waals surface area contributed by atoms with E-state index in [2.05, 4.69) is 30.6 Å². The molecule has 2 N–H and O–H groups in total. The lowest BCUT2D eigenvalue weighted by Crippen LogP contribution is -2.41. The number of nitrogens with zero attached hydrogens (tertiary/aromatic N) is 5. The molecular weight excluding hydrogens is 582 g/mol. The first kappa shape index (κ1) is 27.1. The summed E-state index contributed by atoms with van der Waals surface area (Å²) in [5.41, 5.74) is 3.69. The monoisotopic (exact) mass is 605 g/mol. The summed E-state index contributed by atoms with van der Waals surface area (Å²) in [6, 6.07) is 24.1. The molecule has 0 saturated carbocycles. The molecule has 0 spiro atoms. The smallest absolute Gasteiger partial charge is 0.286 e. The molecule has 5 aromatic rings. The fraction of sp³-hybridized carbons (Fsp3) is 0.125. The minimum Gasteiger partial charge on any atom is -0.340 e. The van der Waals surface area contributed by atoms with Crippen LogP contribution in [0.2, 0.25) is 5.02 Å². The van der Waals surface area contributed by atoms with Crippen molar-refractivity contribution in [3.05, 3.63) is 101 Å². The van der Waals surface area contributed by atoms with E-state index >= 15 is 0 Å². The number of amides is 2. The number of halogens is 1. The van der Waals surface area contributed by atoms with Crippen LogP contribution in [0.5, 0.6) is 0 Å². The van der Waals surface area contributed by atoms with Gasteiger partial charge in [-0.15, -0.1) is 0 Å². The van der Waals surface area contributed by atoms with Crippen molar-refractivity contribution in [1.29, 1.82) is 0 Å². The fourth-order valence-electron chi connectivity index (χ4n) is 5.25. The Morgan fingerprint density at radius 2 is 1.88 bits per heavy atom. The first-order valence-electron chi connectivity index (χ1n) is 13.7. The molecule has 4 heterocycles. The van der Waals surface area contributed by atoms with Crippen molar-refractivity contribution in [2.24, 2.45) is 4.99 Å². The van der Waals surface area contributed by atoms with Crippen molar-refractivity contribution in [1.82, 2.24) is 19.9 Å². The summed E-state index contributed by atoms with van der Waals surface area (Å²) < 4.78 is 0. The number of nitrogens with one attached hydrogen (secondary N) is 2. The van der Waals surface area contributed by atoms with Crippen LogP contribution in [0.25, 0.3) is 27.9 Å². The summed E-state index contributed by atoms with van der Waals surface area (Å²) in [7, 11) is 0. The zero-order chi connectivity index (χ0) is 29.3. The number of carbonyl (C=O) groups excluding carboxylic acids is 2. The van der Waals surface area contributed by atoms with Gasteiger partial charge < -0.3 is 15.5 Å². The summed E-state index contributed by atoms with van der Waals surface area (Å²) >= 11 is 7.43. The first-order chi connectivity index (χ1) is 21.0. The van der Waals surface area contributed by atoms with Gasteiger partial charge in [0.1, 0.15) is 18.2 Å². The van der Waals surface area contributed by atoms with Crippen LogP contribution < -0.4 is 10.6 Å². The van der Waals surface area contributed by atoms with Crippen LogP contribution in [0, 0.1) is 0 Å². The molecule has 2 aliphatic rings. The number of aromatic nitrogens is 3. The highest BCUT2D eigenvalue weighted by Gasteiger charge is 2.37. The number of likely N-dealkylation sites (tertiary alicyclic amines) is 1. The molecule has 0 unspecified atom stereocenters. The zero-order valence-electron chi connectivity index (χ0n) is 22.7. The highest BCUT2D eigenvalue weighted by atomic mass is 35.5. The van der Waals surface area contributed by atoms with Gasteiger partial charge in [-0.1, -0.05) is 41.9 Å². The van der Waals surface area contributed by atoms with Crippen LogP contribution in [0.15, 0.2) is 95.1 Å².